The molecule has 116 valence electrons. The summed E-state index contributed by atoms with van der Waals surface area (Å²) in [6.45, 7) is 2.21. The molecule has 1 fully saturated rings. The second kappa shape index (κ2) is 8.16. The van der Waals surface area contributed by atoms with Crippen molar-refractivity contribution in [3.05, 3.63) is 33.3 Å². The number of halogens is 2. The first-order valence-electron chi connectivity index (χ1n) is 7.49. The number of rotatable bonds is 5. The van der Waals surface area contributed by atoms with Crippen LogP contribution in [0.5, 0.6) is 0 Å². The number of nitrogens with one attached hydrogen (secondary N) is 1. The van der Waals surface area contributed by atoms with Crippen LogP contribution in [-0.2, 0) is 9.53 Å². The summed E-state index contributed by atoms with van der Waals surface area (Å²) < 4.78 is 6.06. The summed E-state index contributed by atoms with van der Waals surface area (Å²) in [6, 6.07) is 5.42. The van der Waals surface area contributed by atoms with E-state index in [2.05, 4.69) is 21.2 Å². The third-order valence-electron chi connectivity index (χ3n) is 3.80. The molecule has 2 rings (SSSR count). The van der Waals surface area contributed by atoms with Gasteiger partial charge in [-0.05, 0) is 37.5 Å². The van der Waals surface area contributed by atoms with Crippen LogP contribution in [0.2, 0.25) is 5.02 Å². The Kier molecular flexibility index (Phi) is 6.52. The number of benzene rings is 1. The van der Waals surface area contributed by atoms with Crippen molar-refractivity contribution in [3.8, 4) is 0 Å². The van der Waals surface area contributed by atoms with Gasteiger partial charge in [-0.25, -0.2) is 4.79 Å². The average molecular weight is 375 g/mol. The zero-order chi connectivity index (χ0) is 15.2. The summed E-state index contributed by atoms with van der Waals surface area (Å²) in [6.07, 6.45) is 5.94. The largest absolute Gasteiger partial charge is 0.465 e. The SMILES string of the molecule is CCOC(=O)C(NC1CCCCC1)c1ccc(Cl)cc1Br. The molecule has 1 aliphatic rings. The Labute approximate surface area is 139 Å². The van der Waals surface area contributed by atoms with Crippen molar-refractivity contribution in [1.82, 2.24) is 5.32 Å². The molecule has 0 aromatic heterocycles. The number of carbonyl (C=O) groups is 1. The molecule has 0 heterocycles. The molecule has 5 heteroatoms. The predicted octanol–water partition coefficient (Wildman–Crippen LogP) is 4.63. The summed E-state index contributed by atoms with van der Waals surface area (Å²) in [5.41, 5.74) is 0.878. The van der Waals surface area contributed by atoms with Gasteiger partial charge < -0.3 is 4.74 Å². The molecule has 0 spiro atoms. The third-order valence-corrected chi connectivity index (χ3v) is 4.73. The first-order chi connectivity index (χ1) is 10.1. The monoisotopic (exact) mass is 373 g/mol. The molecular weight excluding hydrogens is 354 g/mol. The van der Waals surface area contributed by atoms with Gasteiger partial charge in [-0.2, -0.15) is 0 Å². The van der Waals surface area contributed by atoms with Crippen LogP contribution >= 0.6 is 27.5 Å². The molecule has 0 amide bonds. The Hall–Kier alpha value is -0.580. The van der Waals surface area contributed by atoms with Crippen LogP contribution in [0.4, 0.5) is 0 Å². The molecule has 1 aromatic rings. The molecule has 21 heavy (non-hydrogen) atoms. The van der Waals surface area contributed by atoms with Crippen LogP contribution in [0.3, 0.4) is 0 Å². The predicted molar refractivity (Wildman–Crippen MR) is 88.5 cm³/mol. The topological polar surface area (TPSA) is 38.3 Å². The van der Waals surface area contributed by atoms with E-state index in [1.165, 1.54) is 19.3 Å². The summed E-state index contributed by atoms with van der Waals surface area (Å²) >= 11 is 9.49. The van der Waals surface area contributed by atoms with E-state index in [1.807, 2.05) is 19.1 Å². The molecule has 1 N–H and O–H groups in total. The molecule has 0 saturated heterocycles. The second-order valence-corrected chi connectivity index (χ2v) is 6.64. The molecule has 1 unspecified atom stereocenters. The average Bonchev–Trinajstić information content (AvgIpc) is 2.47. The lowest BCUT2D eigenvalue weighted by Crippen LogP contribution is -2.39. The van der Waals surface area contributed by atoms with Gasteiger partial charge in [0.15, 0.2) is 0 Å². The number of carbonyl (C=O) groups excluding carboxylic acids is 1. The molecule has 1 aliphatic carbocycles. The summed E-state index contributed by atoms with van der Waals surface area (Å²) in [7, 11) is 0. The van der Waals surface area contributed by atoms with Crippen LogP contribution in [0.15, 0.2) is 22.7 Å². The lowest BCUT2D eigenvalue weighted by Gasteiger charge is -2.28. The van der Waals surface area contributed by atoms with E-state index in [9.17, 15) is 4.79 Å². The molecule has 0 radical (unpaired) electrons. The van der Waals surface area contributed by atoms with Crippen molar-refractivity contribution in [1.29, 1.82) is 0 Å². The Balaban J connectivity index is 2.19. The zero-order valence-electron chi connectivity index (χ0n) is 12.2. The van der Waals surface area contributed by atoms with Gasteiger partial charge in [0.1, 0.15) is 6.04 Å². The lowest BCUT2D eigenvalue weighted by molar-refractivity contribution is -0.146. The first-order valence-corrected chi connectivity index (χ1v) is 8.66. The fourth-order valence-electron chi connectivity index (χ4n) is 2.75. The molecule has 1 saturated carbocycles. The Bertz CT molecular complexity index is 489. The van der Waals surface area contributed by atoms with Crippen molar-refractivity contribution in [3.63, 3.8) is 0 Å². The highest BCUT2D eigenvalue weighted by molar-refractivity contribution is 9.10. The van der Waals surface area contributed by atoms with Crippen molar-refractivity contribution in [2.45, 2.75) is 51.1 Å². The van der Waals surface area contributed by atoms with E-state index < -0.39 is 6.04 Å². The maximum atomic E-state index is 12.3. The minimum absolute atomic E-state index is 0.230. The summed E-state index contributed by atoms with van der Waals surface area (Å²) in [4.78, 5) is 12.3. The highest BCUT2D eigenvalue weighted by atomic mass is 79.9. The molecule has 0 bridgehead atoms. The van der Waals surface area contributed by atoms with Crippen LogP contribution in [0.25, 0.3) is 0 Å². The number of ether oxygens (including phenoxy) is 1. The van der Waals surface area contributed by atoms with Gasteiger partial charge >= 0.3 is 5.97 Å². The van der Waals surface area contributed by atoms with E-state index in [-0.39, 0.29) is 5.97 Å². The van der Waals surface area contributed by atoms with Gasteiger partial charge in [-0.1, -0.05) is 52.9 Å². The normalized spacial score (nSPS) is 17.5. The standard InChI is InChI=1S/C16H21BrClNO2/c1-2-21-16(20)15(19-12-6-4-3-5-7-12)13-9-8-11(18)10-14(13)17/h8-10,12,15,19H,2-7H2,1H3. The fourth-order valence-corrected chi connectivity index (χ4v) is 3.66. The number of hydrogen-bond donors (Lipinski definition) is 1. The highest BCUT2D eigenvalue weighted by Crippen LogP contribution is 2.29. The molecule has 3 nitrogen and oxygen atoms in total. The lowest BCUT2D eigenvalue weighted by atomic mass is 9.94. The van der Waals surface area contributed by atoms with Crippen molar-refractivity contribution in [2.75, 3.05) is 6.61 Å². The fraction of sp³-hybridized carbons (Fsp3) is 0.562. The van der Waals surface area contributed by atoms with Crippen LogP contribution in [-0.4, -0.2) is 18.6 Å². The smallest absolute Gasteiger partial charge is 0.327 e. The van der Waals surface area contributed by atoms with Crippen molar-refractivity contribution < 1.29 is 9.53 Å². The van der Waals surface area contributed by atoms with E-state index in [0.717, 1.165) is 22.9 Å². The van der Waals surface area contributed by atoms with Gasteiger partial charge in [0.25, 0.3) is 0 Å². The van der Waals surface area contributed by atoms with Crippen LogP contribution < -0.4 is 5.32 Å². The minimum Gasteiger partial charge on any atom is -0.465 e. The van der Waals surface area contributed by atoms with Crippen LogP contribution in [0.1, 0.15) is 50.6 Å². The maximum Gasteiger partial charge on any atom is 0.327 e. The quantitative estimate of drug-likeness (QED) is 0.764. The zero-order valence-corrected chi connectivity index (χ0v) is 14.5. The number of esters is 1. The van der Waals surface area contributed by atoms with Gasteiger partial charge in [0.2, 0.25) is 0 Å². The Morgan fingerprint density at radius 3 is 2.76 bits per heavy atom. The molecule has 0 aliphatic heterocycles. The Morgan fingerprint density at radius 2 is 2.14 bits per heavy atom. The van der Waals surface area contributed by atoms with Crippen molar-refractivity contribution >= 4 is 33.5 Å². The van der Waals surface area contributed by atoms with Gasteiger partial charge in [-0.3, -0.25) is 5.32 Å². The molecule has 1 atom stereocenters. The van der Waals surface area contributed by atoms with E-state index in [4.69, 9.17) is 16.3 Å². The molecule has 1 aromatic carbocycles. The first kappa shape index (κ1) is 16.8. The van der Waals surface area contributed by atoms with Crippen LogP contribution in [0, 0.1) is 0 Å². The summed E-state index contributed by atoms with van der Waals surface area (Å²) in [5, 5.41) is 4.11. The number of hydrogen-bond acceptors (Lipinski definition) is 3. The second-order valence-electron chi connectivity index (χ2n) is 5.35. The van der Waals surface area contributed by atoms with Crippen molar-refractivity contribution in [2.24, 2.45) is 0 Å². The van der Waals surface area contributed by atoms with Gasteiger partial charge in [0.05, 0.1) is 6.61 Å². The minimum atomic E-state index is -0.445. The summed E-state index contributed by atoms with van der Waals surface area (Å²) in [5.74, 6) is -0.230. The van der Waals surface area contributed by atoms with Gasteiger partial charge in [0, 0.05) is 15.5 Å². The van der Waals surface area contributed by atoms with E-state index >= 15 is 0 Å². The highest BCUT2D eigenvalue weighted by Gasteiger charge is 2.27. The maximum absolute atomic E-state index is 12.3. The molecular formula is C16H21BrClNO2. The Morgan fingerprint density at radius 1 is 1.43 bits per heavy atom. The van der Waals surface area contributed by atoms with E-state index in [1.54, 1.807) is 6.07 Å². The van der Waals surface area contributed by atoms with E-state index in [0.29, 0.717) is 17.7 Å². The third kappa shape index (κ3) is 4.70. The van der Waals surface area contributed by atoms with Gasteiger partial charge in [-0.15, -0.1) is 0 Å².